The van der Waals surface area contributed by atoms with E-state index in [1.54, 1.807) is 11.0 Å². The van der Waals surface area contributed by atoms with Gasteiger partial charge in [-0.05, 0) is 77.7 Å². The monoisotopic (exact) mass is 432 g/mol. The van der Waals surface area contributed by atoms with Crippen LogP contribution in [0.15, 0.2) is 41.2 Å². The van der Waals surface area contributed by atoms with Gasteiger partial charge in [0.2, 0.25) is 0 Å². The topological polar surface area (TPSA) is 79.6 Å². The van der Waals surface area contributed by atoms with Crippen LogP contribution in [0, 0.1) is 12.7 Å². The Morgan fingerprint density at radius 1 is 1.29 bits per heavy atom. The molecule has 0 bridgehead atoms. The molecule has 1 aromatic carbocycles. The van der Waals surface area contributed by atoms with Gasteiger partial charge in [0.1, 0.15) is 11.4 Å². The second-order valence-corrected chi connectivity index (χ2v) is 9.25. The van der Waals surface area contributed by atoms with Crippen LogP contribution >= 0.6 is 0 Å². The number of carbonyl (C=O) groups is 1. The van der Waals surface area contributed by atoms with Gasteiger partial charge in [-0.3, -0.25) is 0 Å². The van der Waals surface area contributed by atoms with Gasteiger partial charge in [-0.1, -0.05) is 12.1 Å². The van der Waals surface area contributed by atoms with Crippen molar-refractivity contribution in [3.05, 3.63) is 52.6 Å². The van der Waals surface area contributed by atoms with Gasteiger partial charge in [-0.25, -0.2) is 9.18 Å². The van der Waals surface area contributed by atoms with Gasteiger partial charge in [0, 0.05) is 37.1 Å². The lowest BCUT2D eigenvalue weighted by Gasteiger charge is -2.34. The van der Waals surface area contributed by atoms with Crippen molar-refractivity contribution >= 4 is 11.8 Å². The number of carbonyl (C=O) groups excluding carboxylic acids is 1. The van der Waals surface area contributed by atoms with Crippen molar-refractivity contribution in [2.75, 3.05) is 25.0 Å². The molecule has 1 saturated heterocycles. The van der Waals surface area contributed by atoms with Gasteiger partial charge in [-0.2, -0.15) is 0 Å². The molecule has 1 amide bonds. The van der Waals surface area contributed by atoms with Crippen molar-refractivity contribution in [1.82, 2.24) is 10.2 Å². The molecule has 31 heavy (non-hydrogen) atoms. The highest BCUT2D eigenvalue weighted by atomic mass is 19.1. The molecule has 172 valence electrons. The molecule has 1 aliphatic heterocycles. The molecule has 1 aliphatic rings. The molecule has 0 aliphatic carbocycles. The Kier molecular flexibility index (Phi) is 8.36. The number of amides is 1. The second-order valence-electron chi connectivity index (χ2n) is 9.25. The van der Waals surface area contributed by atoms with E-state index in [2.05, 4.69) is 10.6 Å². The molecular weight excluding hydrogens is 395 g/mol. The van der Waals surface area contributed by atoms with Crippen LogP contribution < -0.4 is 16.4 Å². The highest BCUT2D eigenvalue weighted by Crippen LogP contribution is 2.20. The number of halogens is 1. The van der Waals surface area contributed by atoms with E-state index in [0.29, 0.717) is 31.0 Å². The molecule has 0 saturated carbocycles. The molecule has 1 aromatic rings. The van der Waals surface area contributed by atoms with E-state index in [1.165, 1.54) is 6.07 Å². The van der Waals surface area contributed by atoms with E-state index in [-0.39, 0.29) is 18.0 Å². The minimum atomic E-state index is -0.494. The highest BCUT2D eigenvalue weighted by Gasteiger charge is 2.27. The summed E-state index contributed by atoms with van der Waals surface area (Å²) in [6, 6.07) is 5.26. The first-order chi connectivity index (χ1) is 14.5. The smallest absolute Gasteiger partial charge is 0.410 e. The maximum atomic E-state index is 14.1. The highest BCUT2D eigenvalue weighted by molar-refractivity contribution is 5.68. The summed E-state index contributed by atoms with van der Waals surface area (Å²) in [5.41, 5.74) is 9.48. The zero-order valence-corrected chi connectivity index (χ0v) is 19.6. The summed E-state index contributed by atoms with van der Waals surface area (Å²) in [6.07, 6.45) is 3.27. The minimum Gasteiger partial charge on any atom is -0.444 e. The van der Waals surface area contributed by atoms with Gasteiger partial charge in [-0.15, -0.1) is 0 Å². The third-order valence-electron chi connectivity index (χ3n) is 5.09. The summed E-state index contributed by atoms with van der Waals surface area (Å²) in [7, 11) is 0. The Morgan fingerprint density at radius 2 is 1.94 bits per heavy atom. The summed E-state index contributed by atoms with van der Waals surface area (Å²) in [5, 5.41) is 6.77. The average Bonchev–Trinajstić information content (AvgIpc) is 2.65. The lowest BCUT2D eigenvalue weighted by atomic mass is 10.0. The fourth-order valence-corrected chi connectivity index (χ4v) is 3.44. The molecule has 2 rings (SSSR count). The molecule has 6 nitrogen and oxygen atoms in total. The molecule has 0 aromatic heterocycles. The molecule has 0 spiro atoms. The predicted octanol–water partition coefficient (Wildman–Crippen LogP) is 4.67. The van der Waals surface area contributed by atoms with Crippen LogP contribution in [0.1, 0.15) is 53.0 Å². The fourth-order valence-electron chi connectivity index (χ4n) is 3.44. The van der Waals surface area contributed by atoms with Crippen molar-refractivity contribution in [2.45, 2.75) is 66.0 Å². The van der Waals surface area contributed by atoms with Crippen molar-refractivity contribution < 1.29 is 13.9 Å². The number of rotatable bonds is 6. The van der Waals surface area contributed by atoms with Gasteiger partial charge < -0.3 is 26.0 Å². The number of para-hydroxylation sites is 1. The Bertz CT molecular complexity index is 810. The summed E-state index contributed by atoms with van der Waals surface area (Å²) in [5.74, 6) is -0.262. The van der Waals surface area contributed by atoms with Crippen molar-refractivity contribution in [3.63, 3.8) is 0 Å². The molecular formula is C24H37FN4O2. The van der Waals surface area contributed by atoms with E-state index in [1.807, 2.05) is 53.7 Å². The SMILES string of the molecule is C/C(N)=C/C(NC1CCN(C(=O)OC(C)(C)C)CC1)=C(\C)CNc1c(C)cccc1F. The normalized spacial score (nSPS) is 16.6. The van der Waals surface area contributed by atoms with E-state index in [4.69, 9.17) is 10.5 Å². The molecule has 1 heterocycles. The maximum absolute atomic E-state index is 14.1. The van der Waals surface area contributed by atoms with E-state index < -0.39 is 5.60 Å². The molecule has 0 unspecified atom stereocenters. The zero-order valence-electron chi connectivity index (χ0n) is 19.6. The number of nitrogens with one attached hydrogen (secondary N) is 2. The zero-order chi connectivity index (χ0) is 23.2. The van der Waals surface area contributed by atoms with Gasteiger partial charge in [0.15, 0.2) is 0 Å². The van der Waals surface area contributed by atoms with Crippen molar-refractivity contribution in [2.24, 2.45) is 5.73 Å². The van der Waals surface area contributed by atoms with Gasteiger partial charge in [0.25, 0.3) is 0 Å². The minimum absolute atomic E-state index is 0.217. The van der Waals surface area contributed by atoms with Crippen molar-refractivity contribution in [1.29, 1.82) is 0 Å². The number of hydrogen-bond donors (Lipinski definition) is 3. The number of allylic oxidation sites excluding steroid dienone is 2. The largest absolute Gasteiger partial charge is 0.444 e. The number of nitrogens with two attached hydrogens (primary N) is 1. The first kappa shape index (κ1) is 24.6. The van der Waals surface area contributed by atoms with Crippen LogP contribution in [0.25, 0.3) is 0 Å². The van der Waals surface area contributed by atoms with Gasteiger partial charge in [0.05, 0.1) is 5.69 Å². The van der Waals surface area contributed by atoms with Crippen LogP contribution in [0.5, 0.6) is 0 Å². The lowest BCUT2D eigenvalue weighted by Crippen LogP contribution is -2.46. The summed E-state index contributed by atoms with van der Waals surface area (Å²) in [4.78, 5) is 14.0. The Hall–Kier alpha value is -2.70. The first-order valence-corrected chi connectivity index (χ1v) is 10.8. The van der Waals surface area contributed by atoms with Crippen LogP contribution in [0.2, 0.25) is 0 Å². The third-order valence-corrected chi connectivity index (χ3v) is 5.09. The molecule has 7 heteroatoms. The van der Waals surface area contributed by atoms with E-state index in [9.17, 15) is 9.18 Å². The summed E-state index contributed by atoms with van der Waals surface area (Å²) in [6.45, 7) is 13.1. The summed E-state index contributed by atoms with van der Waals surface area (Å²) >= 11 is 0. The Balaban J connectivity index is 2.02. The quantitative estimate of drug-likeness (QED) is 0.569. The summed E-state index contributed by atoms with van der Waals surface area (Å²) < 4.78 is 19.6. The lowest BCUT2D eigenvalue weighted by molar-refractivity contribution is 0.0201. The number of ether oxygens (including phenoxy) is 1. The fraction of sp³-hybridized carbons (Fsp3) is 0.542. The average molecular weight is 433 g/mol. The predicted molar refractivity (Wildman–Crippen MR) is 124 cm³/mol. The number of aryl methyl sites for hydroxylation is 1. The molecule has 4 N–H and O–H groups in total. The maximum Gasteiger partial charge on any atom is 0.410 e. The van der Waals surface area contributed by atoms with Crippen LogP contribution in [0.4, 0.5) is 14.9 Å². The van der Waals surface area contributed by atoms with E-state index in [0.717, 1.165) is 29.7 Å². The van der Waals surface area contributed by atoms with Crippen LogP contribution in [-0.4, -0.2) is 42.3 Å². The Labute approximate surface area is 185 Å². The van der Waals surface area contributed by atoms with Gasteiger partial charge >= 0.3 is 6.09 Å². The number of anilines is 1. The molecule has 0 atom stereocenters. The first-order valence-electron chi connectivity index (χ1n) is 10.8. The van der Waals surface area contributed by atoms with Crippen molar-refractivity contribution in [3.8, 4) is 0 Å². The van der Waals surface area contributed by atoms with Crippen LogP contribution in [-0.2, 0) is 4.74 Å². The Morgan fingerprint density at radius 3 is 2.48 bits per heavy atom. The second kappa shape index (κ2) is 10.6. The number of piperidine rings is 1. The number of hydrogen-bond acceptors (Lipinski definition) is 5. The molecule has 0 radical (unpaired) electrons. The van der Waals surface area contributed by atoms with Crippen LogP contribution in [0.3, 0.4) is 0 Å². The third kappa shape index (κ3) is 7.81. The standard InChI is InChI=1S/C24H37FN4O2/c1-16-8-7-9-20(25)22(16)27-15-17(2)21(14-18(3)26)28-19-10-12-29(13-11-19)23(30)31-24(4,5)6/h7-9,14,19,27-28H,10-13,15,26H2,1-6H3/b18-14-,21-17-. The number of benzene rings is 1. The number of nitrogens with zero attached hydrogens (tertiary/aromatic N) is 1. The van der Waals surface area contributed by atoms with E-state index >= 15 is 0 Å². The number of likely N-dealkylation sites (tertiary alicyclic amines) is 1. The molecule has 1 fully saturated rings.